The molecule has 3 fully saturated rings. The van der Waals surface area contributed by atoms with E-state index in [1.54, 1.807) is 0 Å². The van der Waals surface area contributed by atoms with Crippen molar-refractivity contribution < 1.29 is 14.5 Å². The summed E-state index contributed by atoms with van der Waals surface area (Å²) in [6, 6.07) is 0. The summed E-state index contributed by atoms with van der Waals surface area (Å²) in [6.45, 7) is 15.2. The van der Waals surface area contributed by atoms with Gasteiger partial charge in [-0.3, -0.25) is 4.79 Å². The molecule has 0 radical (unpaired) electrons. The Labute approximate surface area is 234 Å². The van der Waals surface area contributed by atoms with Crippen LogP contribution in [0.5, 0.6) is 0 Å². The molecule has 5 heteroatoms. The summed E-state index contributed by atoms with van der Waals surface area (Å²) in [5, 5.41) is 11.5. The normalized spacial score (nSPS) is 40.1. The Kier molecular flexibility index (Phi) is 9.31. The van der Waals surface area contributed by atoms with Crippen molar-refractivity contribution in [2.45, 2.75) is 118 Å². The first-order chi connectivity index (χ1) is 16.8. The summed E-state index contributed by atoms with van der Waals surface area (Å²) in [5.74, 6) is 4.68. The van der Waals surface area contributed by atoms with E-state index in [9.17, 15) is 9.90 Å². The van der Waals surface area contributed by atoms with Gasteiger partial charge in [0.15, 0.2) is 5.60 Å². The molecular formula is C32H58ClN2O2+. The Morgan fingerprint density at radius 3 is 2.43 bits per heavy atom. The third-order valence-electron chi connectivity index (χ3n) is 12.0. The summed E-state index contributed by atoms with van der Waals surface area (Å²) in [5.41, 5.74) is 3.82. The molecule has 0 unspecified atom stereocenters. The molecule has 0 bridgehead atoms. The largest absolute Gasteiger partial charge is 0.379 e. The first kappa shape index (κ1) is 31.0. The van der Waals surface area contributed by atoms with Crippen molar-refractivity contribution in [3.63, 3.8) is 0 Å². The Bertz CT molecular complexity index is 856. The molecule has 1 amide bonds. The lowest BCUT2D eigenvalue weighted by molar-refractivity contribution is -0.923. The number of carbonyl (C=O) groups excluding carboxylic acids is 1. The van der Waals surface area contributed by atoms with Crippen molar-refractivity contribution in [2.24, 2.45) is 46.3 Å². The molecule has 4 aliphatic rings. The molecule has 4 aliphatic carbocycles. The fraction of sp³-hybridized carbons (Fsp3) is 0.906. The van der Waals surface area contributed by atoms with Crippen LogP contribution in [0.4, 0.5) is 0 Å². The first-order valence-corrected chi connectivity index (χ1v) is 15.3. The van der Waals surface area contributed by atoms with Crippen LogP contribution < -0.4 is 5.43 Å². The van der Waals surface area contributed by atoms with Gasteiger partial charge in [0.05, 0.1) is 20.6 Å². The quantitative estimate of drug-likeness (QED) is 0.194. The van der Waals surface area contributed by atoms with Crippen molar-refractivity contribution in [3.8, 4) is 0 Å². The van der Waals surface area contributed by atoms with E-state index in [1.807, 2.05) is 14.1 Å². The van der Waals surface area contributed by atoms with E-state index in [2.05, 4.69) is 53.0 Å². The molecule has 8 atom stereocenters. The van der Waals surface area contributed by atoms with Crippen molar-refractivity contribution in [1.82, 2.24) is 5.43 Å². The summed E-state index contributed by atoms with van der Waals surface area (Å²) >= 11 is 0. The summed E-state index contributed by atoms with van der Waals surface area (Å²) in [7, 11) is 3.97. The number of nitrogens with one attached hydrogen (secondary N) is 1. The first-order valence-electron chi connectivity index (χ1n) is 15.3. The van der Waals surface area contributed by atoms with Gasteiger partial charge in [0, 0.05) is 6.42 Å². The smallest absolute Gasteiger partial charge is 0.297 e. The van der Waals surface area contributed by atoms with Crippen molar-refractivity contribution >= 4 is 18.3 Å². The zero-order valence-electron chi connectivity index (χ0n) is 25.2. The second-order valence-corrected chi connectivity index (χ2v) is 14.9. The van der Waals surface area contributed by atoms with Gasteiger partial charge in [-0.25, -0.2) is 4.59 Å². The monoisotopic (exact) mass is 537 g/mol. The Morgan fingerprint density at radius 2 is 1.78 bits per heavy atom. The van der Waals surface area contributed by atoms with Gasteiger partial charge in [0.2, 0.25) is 0 Å². The maximum atomic E-state index is 13.2. The van der Waals surface area contributed by atoms with E-state index in [0.717, 1.165) is 49.0 Å². The van der Waals surface area contributed by atoms with E-state index in [4.69, 9.17) is 0 Å². The molecule has 0 aliphatic heterocycles. The van der Waals surface area contributed by atoms with Crippen LogP contribution in [0.3, 0.4) is 0 Å². The van der Waals surface area contributed by atoms with E-state index >= 15 is 0 Å². The van der Waals surface area contributed by atoms with Crippen LogP contribution in [0, 0.1) is 46.3 Å². The molecule has 0 spiro atoms. The van der Waals surface area contributed by atoms with Gasteiger partial charge in [-0.15, -0.1) is 12.4 Å². The molecule has 0 aromatic rings. The molecule has 0 heterocycles. The van der Waals surface area contributed by atoms with E-state index in [1.165, 1.54) is 50.5 Å². The fourth-order valence-electron chi connectivity index (χ4n) is 9.32. The standard InChI is InChI=1S/C32H56N2O2.ClH/c1-9-34(7,8)33-29(35)32(36)20-19-30(5)24(21-32)13-14-25-27-16-15-26(23(4)12-10-11-22(2)3)31(27,6)18-17-28(25)30;/h13,22-23,25-28,36H,9-12,14-21H2,1-8H3;1H/p+1/t23-,25+,26-,27+,28+,30+,31-,32-;/m1./s1. The average molecular weight is 538 g/mol. The van der Waals surface area contributed by atoms with Gasteiger partial charge in [-0.2, -0.15) is 5.43 Å². The molecular weight excluding hydrogens is 480 g/mol. The lowest BCUT2D eigenvalue weighted by Crippen LogP contribution is -2.62. The molecule has 0 saturated heterocycles. The number of halogens is 1. The number of allylic oxidation sites excluding steroid dienone is 1. The predicted octanol–water partition coefficient (Wildman–Crippen LogP) is 7.31. The molecule has 0 aromatic heterocycles. The van der Waals surface area contributed by atoms with Gasteiger partial charge in [-0.05, 0) is 98.2 Å². The maximum Gasteiger partial charge on any atom is 0.297 e. The highest BCUT2D eigenvalue weighted by Gasteiger charge is 2.60. The number of amides is 1. The number of carbonyl (C=O) groups is 1. The fourth-order valence-corrected chi connectivity index (χ4v) is 9.32. The number of quaternary nitrogens is 1. The van der Waals surface area contributed by atoms with Gasteiger partial charge in [0.1, 0.15) is 0 Å². The highest BCUT2D eigenvalue weighted by molar-refractivity contribution is 5.85. The number of aliphatic hydroxyl groups is 1. The maximum absolute atomic E-state index is 13.2. The Hall–Kier alpha value is -0.580. The van der Waals surface area contributed by atoms with Crippen LogP contribution in [-0.4, -0.2) is 41.8 Å². The lowest BCUT2D eigenvalue weighted by atomic mass is 9.46. The number of hydrogen-bond donors (Lipinski definition) is 2. The minimum Gasteiger partial charge on any atom is -0.379 e. The van der Waals surface area contributed by atoms with Crippen LogP contribution >= 0.6 is 12.4 Å². The Balaban J connectivity index is 0.00000380. The summed E-state index contributed by atoms with van der Waals surface area (Å²) in [4.78, 5) is 13.2. The molecule has 214 valence electrons. The number of hydrogen-bond acceptors (Lipinski definition) is 2. The van der Waals surface area contributed by atoms with Crippen molar-refractivity contribution in [1.29, 1.82) is 0 Å². The van der Waals surface area contributed by atoms with Crippen LogP contribution in [0.15, 0.2) is 11.6 Å². The van der Waals surface area contributed by atoms with Gasteiger partial charge >= 0.3 is 0 Å². The van der Waals surface area contributed by atoms with E-state index in [0.29, 0.717) is 28.8 Å². The van der Waals surface area contributed by atoms with Gasteiger partial charge < -0.3 is 5.11 Å². The van der Waals surface area contributed by atoms with Crippen LogP contribution in [-0.2, 0) is 4.79 Å². The second-order valence-electron chi connectivity index (χ2n) is 14.9. The molecule has 4 nitrogen and oxygen atoms in total. The van der Waals surface area contributed by atoms with E-state index in [-0.39, 0.29) is 23.7 Å². The summed E-state index contributed by atoms with van der Waals surface area (Å²) in [6.07, 6.45) is 15.3. The SMILES string of the molecule is CC[N+](C)(C)NC(=O)[C@@]1(O)CC[C@@]2(C)C(=CC[C@H]3[C@@H]4CC[C@H]([C@H](C)CCCC(C)C)[C@@]4(C)CC[C@@H]32)C1.Cl. The minimum atomic E-state index is -1.27. The van der Waals surface area contributed by atoms with Crippen LogP contribution in [0.25, 0.3) is 0 Å². The topological polar surface area (TPSA) is 49.3 Å². The number of nitrogens with zero attached hydrogens (tertiary/aromatic N) is 1. The highest BCUT2D eigenvalue weighted by Crippen LogP contribution is 2.67. The van der Waals surface area contributed by atoms with E-state index < -0.39 is 5.60 Å². The molecule has 4 rings (SSSR count). The zero-order valence-corrected chi connectivity index (χ0v) is 26.1. The molecule has 3 saturated carbocycles. The van der Waals surface area contributed by atoms with Crippen molar-refractivity contribution in [2.75, 3.05) is 20.6 Å². The average Bonchev–Trinajstić information content (AvgIpc) is 3.16. The molecule has 37 heavy (non-hydrogen) atoms. The predicted molar refractivity (Wildman–Crippen MR) is 156 cm³/mol. The second kappa shape index (κ2) is 11.1. The zero-order chi connectivity index (χ0) is 26.5. The van der Waals surface area contributed by atoms with Crippen LogP contribution in [0.1, 0.15) is 112 Å². The van der Waals surface area contributed by atoms with Crippen LogP contribution in [0.2, 0.25) is 0 Å². The minimum absolute atomic E-state index is 0. The number of fused-ring (bicyclic) bond motifs is 5. The lowest BCUT2D eigenvalue weighted by Gasteiger charge is -2.59. The summed E-state index contributed by atoms with van der Waals surface area (Å²) < 4.78 is 0.402. The Morgan fingerprint density at radius 1 is 1.08 bits per heavy atom. The van der Waals surface area contributed by atoms with Crippen molar-refractivity contribution in [3.05, 3.63) is 11.6 Å². The number of rotatable bonds is 8. The molecule has 0 aromatic carbocycles. The third kappa shape index (κ3) is 5.68. The van der Waals surface area contributed by atoms with Gasteiger partial charge in [0.25, 0.3) is 5.91 Å². The van der Waals surface area contributed by atoms with Gasteiger partial charge in [-0.1, -0.05) is 65.5 Å². The highest BCUT2D eigenvalue weighted by atomic mass is 35.5. The third-order valence-corrected chi connectivity index (χ3v) is 12.0. The molecule has 2 N–H and O–H groups in total.